The monoisotopic (exact) mass is 352 g/mol. The van der Waals surface area contributed by atoms with Gasteiger partial charge in [-0.15, -0.1) is 0 Å². The van der Waals surface area contributed by atoms with Crippen molar-refractivity contribution in [2.45, 2.75) is 71.1 Å². The molecule has 5 heteroatoms. The molecule has 0 spiro atoms. The van der Waals surface area contributed by atoms with Crippen molar-refractivity contribution >= 4 is 8.56 Å². The molecular weight excluding hydrogens is 320 g/mol. The fourth-order valence-corrected chi connectivity index (χ4v) is 6.99. The first-order valence-corrected chi connectivity index (χ1v) is 11.0. The fraction of sp³-hybridized carbons (Fsp3) is 0.684. The highest BCUT2D eigenvalue weighted by Crippen LogP contribution is 2.40. The van der Waals surface area contributed by atoms with Gasteiger partial charge in [0.15, 0.2) is 0 Å². The first kappa shape index (κ1) is 19.6. The lowest BCUT2D eigenvalue weighted by Crippen LogP contribution is -2.67. The average molecular weight is 353 g/mol. The molecule has 0 bridgehead atoms. The molecule has 1 fully saturated rings. The largest absolute Gasteiger partial charge is 0.400 e. The van der Waals surface area contributed by atoms with E-state index in [2.05, 4.69) is 32.9 Å². The van der Waals surface area contributed by atoms with Crippen LogP contribution in [0, 0.1) is 0 Å². The second kappa shape index (κ2) is 7.66. The number of hydrogen-bond acceptors (Lipinski definition) is 4. The van der Waals surface area contributed by atoms with Crippen molar-refractivity contribution in [3.63, 3.8) is 0 Å². The number of benzene rings is 1. The van der Waals surface area contributed by atoms with E-state index in [0.29, 0.717) is 13.2 Å². The van der Waals surface area contributed by atoms with Gasteiger partial charge in [0.2, 0.25) is 5.41 Å². The second-order valence-corrected chi connectivity index (χ2v) is 10.8. The number of hydrogen-bond donors (Lipinski definition) is 0. The van der Waals surface area contributed by atoms with Crippen LogP contribution in [-0.4, -0.2) is 33.3 Å². The molecular formula is C19H32O4Si. The minimum Gasteiger partial charge on any atom is -0.389 e. The molecule has 1 heterocycles. The zero-order valence-electron chi connectivity index (χ0n) is 15.9. The second-order valence-electron chi connectivity index (χ2n) is 7.25. The highest BCUT2D eigenvalue weighted by molar-refractivity contribution is 6.70. The van der Waals surface area contributed by atoms with Crippen molar-refractivity contribution in [2.75, 3.05) is 13.2 Å². The van der Waals surface area contributed by atoms with Crippen LogP contribution in [0.4, 0.5) is 0 Å². The Morgan fingerprint density at radius 1 is 1.17 bits per heavy atom. The van der Waals surface area contributed by atoms with Gasteiger partial charge in [0.25, 0.3) is 0 Å². The Bertz CT molecular complexity index is 511. The van der Waals surface area contributed by atoms with Gasteiger partial charge in [-0.3, -0.25) is 0 Å². The zero-order chi connectivity index (χ0) is 17.8. The maximum atomic E-state index is 6.78. The molecule has 1 atom stereocenters. The van der Waals surface area contributed by atoms with Crippen molar-refractivity contribution in [3.05, 3.63) is 35.9 Å². The van der Waals surface area contributed by atoms with Crippen LogP contribution >= 0.6 is 0 Å². The molecule has 1 aliphatic rings. The van der Waals surface area contributed by atoms with E-state index in [1.54, 1.807) is 0 Å². The Labute approximate surface area is 147 Å². The molecule has 24 heavy (non-hydrogen) atoms. The molecule has 4 nitrogen and oxygen atoms in total. The Balaban J connectivity index is 2.38. The van der Waals surface area contributed by atoms with Gasteiger partial charge in [-0.2, -0.15) is 0 Å². The minimum absolute atomic E-state index is 0.0501. The van der Waals surface area contributed by atoms with Gasteiger partial charge < -0.3 is 18.3 Å². The molecule has 0 radical (unpaired) electrons. The molecule has 1 unspecified atom stereocenters. The fourth-order valence-electron chi connectivity index (χ4n) is 3.25. The van der Waals surface area contributed by atoms with Crippen molar-refractivity contribution in [3.8, 4) is 0 Å². The molecule has 0 aliphatic carbocycles. The molecule has 1 aromatic carbocycles. The minimum atomic E-state index is -2.82. The summed E-state index contributed by atoms with van der Waals surface area (Å²) in [5.41, 5.74) is -0.149. The van der Waals surface area contributed by atoms with Crippen molar-refractivity contribution in [1.29, 1.82) is 0 Å². The van der Waals surface area contributed by atoms with Crippen LogP contribution in [0.5, 0.6) is 0 Å². The average Bonchev–Trinajstić information content (AvgIpc) is 2.55. The van der Waals surface area contributed by atoms with E-state index < -0.39 is 19.6 Å². The van der Waals surface area contributed by atoms with Gasteiger partial charge in [0.1, 0.15) is 0 Å². The molecule has 0 saturated carbocycles. The summed E-state index contributed by atoms with van der Waals surface area (Å²) < 4.78 is 25.4. The van der Waals surface area contributed by atoms with Crippen LogP contribution in [0.15, 0.2) is 30.3 Å². The quantitative estimate of drug-likeness (QED) is 0.676. The summed E-state index contributed by atoms with van der Waals surface area (Å²) in [6.45, 7) is 13.7. The van der Waals surface area contributed by atoms with Crippen LogP contribution in [0.25, 0.3) is 0 Å². The van der Waals surface area contributed by atoms with Gasteiger partial charge in [0, 0.05) is 6.10 Å². The molecule has 0 amide bonds. The number of ether oxygens (including phenoxy) is 2. The summed E-state index contributed by atoms with van der Waals surface area (Å²) in [4.78, 5) is 0. The first-order chi connectivity index (χ1) is 11.2. The molecule has 1 aliphatic heterocycles. The summed E-state index contributed by atoms with van der Waals surface area (Å²) in [5.74, 6) is 0. The molecule has 1 aromatic rings. The van der Waals surface area contributed by atoms with E-state index in [1.165, 1.54) is 0 Å². The Kier molecular flexibility index (Phi) is 6.26. The van der Waals surface area contributed by atoms with Gasteiger partial charge in [-0.1, -0.05) is 37.3 Å². The zero-order valence-corrected chi connectivity index (χ0v) is 16.9. The smallest absolute Gasteiger partial charge is 0.389 e. The Morgan fingerprint density at radius 2 is 1.75 bits per heavy atom. The van der Waals surface area contributed by atoms with Crippen LogP contribution in [0.3, 0.4) is 0 Å². The van der Waals surface area contributed by atoms with Crippen molar-refractivity contribution in [1.82, 2.24) is 0 Å². The van der Waals surface area contributed by atoms with Crippen LogP contribution < -0.4 is 0 Å². The van der Waals surface area contributed by atoms with Crippen molar-refractivity contribution < 1.29 is 18.3 Å². The van der Waals surface area contributed by atoms with Crippen LogP contribution in [0.2, 0.25) is 6.04 Å². The lowest BCUT2D eigenvalue weighted by molar-refractivity contribution is -0.234. The third-order valence-electron chi connectivity index (χ3n) is 4.52. The lowest BCUT2D eigenvalue weighted by atomic mass is 9.99. The lowest BCUT2D eigenvalue weighted by Gasteiger charge is -2.49. The summed E-state index contributed by atoms with van der Waals surface area (Å²) in [6, 6.07) is 11.0. The predicted octanol–water partition coefficient (Wildman–Crippen LogP) is 4.52. The van der Waals surface area contributed by atoms with Gasteiger partial charge in [0.05, 0.1) is 18.8 Å². The van der Waals surface area contributed by atoms with Crippen LogP contribution in [0.1, 0.15) is 53.5 Å². The highest BCUT2D eigenvalue weighted by atomic mass is 28.4. The van der Waals surface area contributed by atoms with Crippen molar-refractivity contribution in [2.24, 2.45) is 0 Å². The third kappa shape index (κ3) is 4.08. The predicted molar refractivity (Wildman–Crippen MR) is 97.9 cm³/mol. The third-order valence-corrected chi connectivity index (χ3v) is 8.81. The summed E-state index contributed by atoms with van der Waals surface area (Å²) in [6.07, 6.45) is 0.960. The van der Waals surface area contributed by atoms with E-state index in [-0.39, 0.29) is 6.10 Å². The summed E-state index contributed by atoms with van der Waals surface area (Å²) in [5, 5.41) is 0. The molecule has 2 rings (SSSR count). The van der Waals surface area contributed by atoms with E-state index in [9.17, 15) is 0 Å². The van der Waals surface area contributed by atoms with Gasteiger partial charge >= 0.3 is 8.56 Å². The normalized spacial score (nSPS) is 20.8. The van der Waals surface area contributed by atoms with E-state index >= 15 is 0 Å². The Hall–Kier alpha value is -0.723. The topological polar surface area (TPSA) is 36.9 Å². The van der Waals surface area contributed by atoms with Gasteiger partial charge in [-0.05, 0) is 52.6 Å². The Morgan fingerprint density at radius 3 is 2.25 bits per heavy atom. The SMILES string of the molecule is CC[Si](OC(C)C)(OC(C)(C)c1ccccc1)C1(C)OCCCO1. The number of rotatable bonds is 7. The van der Waals surface area contributed by atoms with E-state index in [1.807, 2.05) is 39.0 Å². The molecule has 0 aromatic heterocycles. The summed E-state index contributed by atoms with van der Waals surface area (Å²) in [7, 11) is -2.82. The standard InChI is InChI=1S/C19H32O4Si/c1-7-24(22-16(2)3,19(6)20-14-11-15-21-19)23-18(4,5)17-12-9-8-10-13-17/h8-10,12-13,16H,7,11,14-15H2,1-6H3. The molecule has 136 valence electrons. The maximum Gasteiger partial charge on any atom is 0.400 e. The highest BCUT2D eigenvalue weighted by Gasteiger charge is 2.60. The van der Waals surface area contributed by atoms with Crippen LogP contribution in [-0.2, 0) is 23.9 Å². The molecule has 0 N–H and O–H groups in total. The maximum absolute atomic E-state index is 6.78. The summed E-state index contributed by atoms with van der Waals surface area (Å²) >= 11 is 0. The van der Waals surface area contributed by atoms with Gasteiger partial charge in [-0.25, -0.2) is 0 Å². The first-order valence-electron chi connectivity index (χ1n) is 8.96. The van der Waals surface area contributed by atoms with E-state index in [4.69, 9.17) is 18.3 Å². The van der Waals surface area contributed by atoms with E-state index in [0.717, 1.165) is 18.0 Å². The molecule has 1 saturated heterocycles.